The number of thioether (sulfide) groups is 1. The van der Waals surface area contributed by atoms with Crippen LogP contribution in [0.1, 0.15) is 12.0 Å². The van der Waals surface area contributed by atoms with Crippen molar-refractivity contribution in [1.29, 1.82) is 0 Å². The Morgan fingerprint density at radius 3 is 2.62 bits per heavy atom. The van der Waals surface area contributed by atoms with Crippen LogP contribution >= 0.6 is 23.1 Å². The van der Waals surface area contributed by atoms with Crippen molar-refractivity contribution in [3.8, 4) is 0 Å². The molecule has 0 saturated carbocycles. The van der Waals surface area contributed by atoms with Crippen LogP contribution in [-0.4, -0.2) is 22.0 Å². The number of fused-ring (bicyclic) bond motifs is 1. The first-order valence-electron chi connectivity index (χ1n) is 7.57. The lowest BCUT2D eigenvalue weighted by Crippen LogP contribution is -2.31. The van der Waals surface area contributed by atoms with Crippen LogP contribution in [0, 0.1) is 6.92 Å². The van der Waals surface area contributed by atoms with E-state index in [1.165, 1.54) is 16.7 Å². The molecule has 4 rings (SSSR count). The second-order valence-electron chi connectivity index (χ2n) is 5.66. The molecule has 1 fully saturated rings. The molecule has 0 N–H and O–H groups in total. The molecule has 24 heavy (non-hydrogen) atoms. The van der Waals surface area contributed by atoms with Gasteiger partial charge < -0.3 is 0 Å². The summed E-state index contributed by atoms with van der Waals surface area (Å²) in [5, 5.41) is -0.403. The number of rotatable bonds is 3. The van der Waals surface area contributed by atoms with E-state index in [4.69, 9.17) is 0 Å². The van der Waals surface area contributed by atoms with Gasteiger partial charge in [-0.15, -0.1) is 11.3 Å². The molecule has 1 aliphatic rings. The lowest BCUT2D eigenvalue weighted by molar-refractivity contribution is -0.121. The van der Waals surface area contributed by atoms with Gasteiger partial charge in [-0.05, 0) is 31.2 Å². The molecule has 1 atom stereocenters. The molecular formula is C18H14N2O2S2. The van der Waals surface area contributed by atoms with Gasteiger partial charge in [0.25, 0.3) is 0 Å². The third-order valence-corrected chi connectivity index (χ3v) is 6.23. The number of carbonyl (C=O) groups excluding carboxylic acids is 2. The number of anilines is 1. The number of amides is 2. The smallest absolute Gasteiger partial charge is 0.247 e. The summed E-state index contributed by atoms with van der Waals surface area (Å²) in [5.41, 5.74) is 2.67. The van der Waals surface area contributed by atoms with E-state index in [1.807, 2.05) is 55.5 Å². The van der Waals surface area contributed by atoms with Gasteiger partial charge in [-0.3, -0.25) is 9.59 Å². The largest absolute Gasteiger partial charge is 0.274 e. The zero-order chi connectivity index (χ0) is 16.7. The van der Waals surface area contributed by atoms with Crippen molar-refractivity contribution in [2.45, 2.75) is 22.9 Å². The average Bonchev–Trinajstić information content (AvgIpc) is 3.09. The fraction of sp³-hybridized carbons (Fsp3) is 0.167. The van der Waals surface area contributed by atoms with Crippen LogP contribution in [0.3, 0.4) is 0 Å². The van der Waals surface area contributed by atoms with Crippen LogP contribution in [0.4, 0.5) is 5.69 Å². The van der Waals surface area contributed by atoms with Crippen molar-refractivity contribution in [2.24, 2.45) is 0 Å². The standard InChI is InChI=1S/C18H14N2O2S2/c1-11-6-8-12(9-7-11)20-16(21)10-15(17(20)22)24-18-19-13-4-2-3-5-14(13)23-18/h2-9,15H,10H2,1H3. The van der Waals surface area contributed by atoms with Crippen LogP contribution in [0.2, 0.25) is 0 Å². The van der Waals surface area contributed by atoms with E-state index in [0.717, 1.165) is 20.1 Å². The minimum absolute atomic E-state index is 0.150. The number of hydrogen-bond acceptors (Lipinski definition) is 5. The lowest BCUT2D eigenvalue weighted by atomic mass is 10.2. The van der Waals surface area contributed by atoms with Crippen LogP contribution in [0.25, 0.3) is 10.2 Å². The third kappa shape index (κ3) is 2.72. The number of imide groups is 1. The topological polar surface area (TPSA) is 50.3 Å². The summed E-state index contributed by atoms with van der Waals surface area (Å²) in [6, 6.07) is 15.3. The van der Waals surface area contributed by atoms with E-state index in [9.17, 15) is 9.59 Å². The maximum atomic E-state index is 12.7. The summed E-state index contributed by atoms with van der Waals surface area (Å²) in [6.07, 6.45) is 0.216. The van der Waals surface area contributed by atoms with Gasteiger partial charge >= 0.3 is 0 Å². The van der Waals surface area contributed by atoms with Crippen LogP contribution in [0.15, 0.2) is 52.9 Å². The van der Waals surface area contributed by atoms with Crippen molar-refractivity contribution < 1.29 is 9.59 Å². The third-order valence-electron chi connectivity index (χ3n) is 3.91. The molecule has 2 aromatic carbocycles. The zero-order valence-electron chi connectivity index (χ0n) is 12.9. The number of thiazole rings is 1. The fourth-order valence-corrected chi connectivity index (χ4v) is 5.02. The number of nitrogens with zero attached hydrogens (tertiary/aromatic N) is 2. The summed E-state index contributed by atoms with van der Waals surface area (Å²) in [6.45, 7) is 1.98. The quantitative estimate of drug-likeness (QED) is 0.667. The van der Waals surface area contributed by atoms with Crippen molar-refractivity contribution in [1.82, 2.24) is 4.98 Å². The molecule has 2 heterocycles. The molecule has 120 valence electrons. The minimum Gasteiger partial charge on any atom is -0.274 e. The van der Waals surface area contributed by atoms with E-state index < -0.39 is 5.25 Å². The monoisotopic (exact) mass is 354 g/mol. The van der Waals surface area contributed by atoms with Crippen molar-refractivity contribution >= 4 is 50.8 Å². The Morgan fingerprint density at radius 2 is 1.88 bits per heavy atom. The van der Waals surface area contributed by atoms with Crippen LogP contribution < -0.4 is 4.90 Å². The molecule has 4 nitrogen and oxygen atoms in total. The molecule has 0 radical (unpaired) electrons. The van der Waals surface area contributed by atoms with Gasteiger partial charge in [-0.25, -0.2) is 9.88 Å². The van der Waals surface area contributed by atoms with Gasteiger partial charge in [0.1, 0.15) is 5.25 Å². The summed E-state index contributed by atoms with van der Waals surface area (Å²) in [5.74, 6) is -0.310. The highest BCUT2D eigenvalue weighted by atomic mass is 32.2. The Hall–Kier alpha value is -2.18. The van der Waals surface area contributed by atoms with E-state index in [1.54, 1.807) is 11.3 Å². The first-order valence-corrected chi connectivity index (χ1v) is 9.27. The van der Waals surface area contributed by atoms with Crippen molar-refractivity contribution in [3.05, 3.63) is 54.1 Å². The maximum absolute atomic E-state index is 12.7. The highest BCUT2D eigenvalue weighted by Gasteiger charge is 2.40. The molecule has 1 aromatic heterocycles. The Labute approximate surface area is 147 Å². The van der Waals surface area contributed by atoms with E-state index >= 15 is 0 Å². The Bertz CT molecular complexity index is 901. The second-order valence-corrected chi connectivity index (χ2v) is 8.14. The number of benzene rings is 2. The molecular weight excluding hydrogens is 340 g/mol. The maximum Gasteiger partial charge on any atom is 0.247 e. The Balaban J connectivity index is 1.57. The average molecular weight is 354 g/mol. The number of para-hydroxylation sites is 1. The lowest BCUT2D eigenvalue weighted by Gasteiger charge is -2.14. The predicted octanol–water partition coefficient (Wildman–Crippen LogP) is 4.03. The SMILES string of the molecule is Cc1ccc(N2C(=O)CC(Sc3nc4ccccc4s3)C2=O)cc1. The minimum atomic E-state index is -0.403. The first-order chi connectivity index (χ1) is 11.6. The molecule has 0 spiro atoms. The number of aromatic nitrogens is 1. The van der Waals surface area contributed by atoms with Gasteiger partial charge in [-0.1, -0.05) is 41.6 Å². The first kappa shape index (κ1) is 15.4. The van der Waals surface area contributed by atoms with E-state index in [2.05, 4.69) is 4.98 Å². The Kier molecular flexibility index (Phi) is 3.86. The number of carbonyl (C=O) groups is 2. The molecule has 1 aliphatic heterocycles. The molecule has 0 aliphatic carbocycles. The predicted molar refractivity (Wildman–Crippen MR) is 97.6 cm³/mol. The van der Waals surface area contributed by atoms with Gasteiger partial charge in [0.2, 0.25) is 11.8 Å². The molecule has 1 unspecified atom stereocenters. The fourth-order valence-electron chi connectivity index (χ4n) is 2.68. The summed E-state index contributed by atoms with van der Waals surface area (Å²) in [4.78, 5) is 30.8. The second kappa shape index (κ2) is 6.03. The highest BCUT2D eigenvalue weighted by Crippen LogP contribution is 2.37. The summed E-state index contributed by atoms with van der Waals surface area (Å²) >= 11 is 2.94. The molecule has 0 bridgehead atoms. The van der Waals surface area contributed by atoms with Gasteiger partial charge in [-0.2, -0.15) is 0 Å². The van der Waals surface area contributed by atoms with Gasteiger partial charge in [0.15, 0.2) is 4.34 Å². The molecule has 1 saturated heterocycles. The molecule has 6 heteroatoms. The van der Waals surface area contributed by atoms with Crippen molar-refractivity contribution in [2.75, 3.05) is 4.90 Å². The zero-order valence-corrected chi connectivity index (χ0v) is 14.6. The molecule has 3 aromatic rings. The van der Waals surface area contributed by atoms with Crippen LogP contribution in [-0.2, 0) is 9.59 Å². The summed E-state index contributed by atoms with van der Waals surface area (Å²) in [7, 11) is 0. The highest BCUT2D eigenvalue weighted by molar-refractivity contribution is 8.02. The van der Waals surface area contributed by atoms with E-state index in [0.29, 0.717) is 5.69 Å². The normalized spacial score (nSPS) is 17.9. The summed E-state index contributed by atoms with van der Waals surface area (Å²) < 4.78 is 1.92. The van der Waals surface area contributed by atoms with Crippen molar-refractivity contribution in [3.63, 3.8) is 0 Å². The van der Waals surface area contributed by atoms with Gasteiger partial charge in [0, 0.05) is 6.42 Å². The number of hydrogen-bond donors (Lipinski definition) is 0. The molecule has 2 amide bonds. The van der Waals surface area contributed by atoms with Gasteiger partial charge in [0.05, 0.1) is 15.9 Å². The van der Waals surface area contributed by atoms with Crippen LogP contribution in [0.5, 0.6) is 0 Å². The number of aryl methyl sites for hydroxylation is 1. The van der Waals surface area contributed by atoms with E-state index in [-0.39, 0.29) is 18.2 Å². The Morgan fingerprint density at radius 1 is 1.12 bits per heavy atom.